The number of hydrogen-bond acceptors (Lipinski definition) is 5. The van der Waals surface area contributed by atoms with Crippen LogP contribution in [0.15, 0.2) is 36.4 Å². The first-order valence-corrected chi connectivity index (χ1v) is 8.87. The quantitative estimate of drug-likeness (QED) is 0.778. The van der Waals surface area contributed by atoms with E-state index in [1.54, 1.807) is 21.0 Å². The minimum absolute atomic E-state index is 0.287. The summed E-state index contributed by atoms with van der Waals surface area (Å²) in [6.07, 6.45) is 0. The summed E-state index contributed by atoms with van der Waals surface area (Å²) in [6.45, 7) is 4.11. The third-order valence-electron chi connectivity index (χ3n) is 3.37. The Balaban J connectivity index is 2.38. The summed E-state index contributed by atoms with van der Waals surface area (Å²) >= 11 is 0. The van der Waals surface area contributed by atoms with E-state index in [-0.39, 0.29) is 13.2 Å². The van der Waals surface area contributed by atoms with Gasteiger partial charge in [0.05, 0.1) is 20.3 Å². The molecular weight excluding hydrogens is 301 g/mol. The van der Waals surface area contributed by atoms with Gasteiger partial charge in [-0.05, 0) is 48.4 Å². The highest BCUT2D eigenvalue weighted by atomic mass is 31.2. The Morgan fingerprint density at radius 1 is 1.05 bits per heavy atom. The fraction of sp³-hybridized carbons (Fsp3) is 0.375. The molecule has 5 nitrogen and oxygen atoms in total. The van der Waals surface area contributed by atoms with E-state index in [2.05, 4.69) is 0 Å². The lowest BCUT2D eigenvalue weighted by Gasteiger charge is -2.23. The molecule has 0 aliphatic rings. The molecule has 1 atom stereocenters. The summed E-state index contributed by atoms with van der Waals surface area (Å²) in [7, 11) is -1.74. The summed E-state index contributed by atoms with van der Waals surface area (Å²) in [5.74, 6) is -0.0160. The Kier molecular flexibility index (Phi) is 5.59. The Bertz CT molecular complexity index is 679. The molecule has 0 aliphatic heterocycles. The Morgan fingerprint density at radius 3 is 2.23 bits per heavy atom. The maximum atomic E-state index is 12.8. The summed E-state index contributed by atoms with van der Waals surface area (Å²) < 4.78 is 28.6. The van der Waals surface area contributed by atoms with E-state index >= 15 is 0 Å². The lowest BCUT2D eigenvalue weighted by atomic mass is 10.1. The minimum atomic E-state index is -3.37. The maximum absolute atomic E-state index is 12.8. The number of ether oxygens (including phenoxy) is 1. The standard InChI is InChI=1S/C16H22NO4P/c1-4-20-22(18,21-5-2)16(17)14-7-6-13-11-15(19-3)9-8-12(13)10-14/h6-11,16H,4-5,17H2,1-3H3/t16-/m0/s1. The monoisotopic (exact) mass is 323 g/mol. The van der Waals surface area contributed by atoms with Crippen molar-refractivity contribution in [3.05, 3.63) is 42.0 Å². The molecule has 2 aromatic rings. The normalized spacial score (nSPS) is 13.3. The molecule has 0 fully saturated rings. The predicted octanol–water partition coefficient (Wildman–Crippen LogP) is 4.07. The van der Waals surface area contributed by atoms with Gasteiger partial charge in [0, 0.05) is 0 Å². The molecule has 6 heteroatoms. The van der Waals surface area contributed by atoms with Crippen molar-refractivity contribution in [1.82, 2.24) is 0 Å². The average molecular weight is 323 g/mol. The molecular formula is C16H22NO4P. The van der Waals surface area contributed by atoms with Crippen LogP contribution in [0.3, 0.4) is 0 Å². The van der Waals surface area contributed by atoms with Crippen LogP contribution in [0.1, 0.15) is 25.2 Å². The number of nitrogens with two attached hydrogens (primary N) is 1. The Labute approximate surface area is 130 Å². The van der Waals surface area contributed by atoms with Gasteiger partial charge in [-0.3, -0.25) is 4.57 Å². The van der Waals surface area contributed by atoms with Crippen LogP contribution in [0.2, 0.25) is 0 Å². The summed E-state index contributed by atoms with van der Waals surface area (Å²) in [4.78, 5) is 0. The van der Waals surface area contributed by atoms with Crippen molar-refractivity contribution in [3.63, 3.8) is 0 Å². The zero-order valence-corrected chi connectivity index (χ0v) is 14.0. The lowest BCUT2D eigenvalue weighted by molar-refractivity contribution is 0.212. The van der Waals surface area contributed by atoms with Crippen LogP contribution in [-0.2, 0) is 13.6 Å². The molecule has 0 saturated heterocycles. The van der Waals surface area contributed by atoms with E-state index in [0.717, 1.165) is 22.1 Å². The first-order chi connectivity index (χ1) is 10.5. The van der Waals surface area contributed by atoms with Gasteiger partial charge in [-0.25, -0.2) is 0 Å². The van der Waals surface area contributed by atoms with E-state index in [9.17, 15) is 4.57 Å². The molecule has 0 heterocycles. The van der Waals surface area contributed by atoms with Crippen molar-refractivity contribution >= 4 is 18.4 Å². The second-order valence-electron chi connectivity index (χ2n) is 4.79. The van der Waals surface area contributed by atoms with Gasteiger partial charge in [0.15, 0.2) is 0 Å². The van der Waals surface area contributed by atoms with Crippen molar-refractivity contribution in [2.24, 2.45) is 5.73 Å². The molecule has 2 N–H and O–H groups in total. The van der Waals surface area contributed by atoms with Crippen LogP contribution in [0.5, 0.6) is 5.75 Å². The molecule has 120 valence electrons. The van der Waals surface area contributed by atoms with Gasteiger partial charge in [0.25, 0.3) is 0 Å². The largest absolute Gasteiger partial charge is 0.497 e. The molecule has 2 aromatic carbocycles. The number of hydrogen-bond donors (Lipinski definition) is 1. The molecule has 2 rings (SSSR count). The molecule has 0 spiro atoms. The molecule has 0 radical (unpaired) electrons. The second-order valence-corrected chi connectivity index (χ2v) is 6.95. The van der Waals surface area contributed by atoms with E-state index < -0.39 is 13.4 Å². The van der Waals surface area contributed by atoms with Crippen LogP contribution in [0.25, 0.3) is 10.8 Å². The first kappa shape index (κ1) is 17.0. The van der Waals surface area contributed by atoms with E-state index in [0.29, 0.717) is 0 Å². The van der Waals surface area contributed by atoms with E-state index in [1.165, 1.54) is 0 Å². The fourth-order valence-corrected chi connectivity index (χ4v) is 3.93. The zero-order chi connectivity index (χ0) is 16.2. The smallest absolute Gasteiger partial charge is 0.351 e. The summed E-state index contributed by atoms with van der Waals surface area (Å²) in [5, 5.41) is 2.02. The maximum Gasteiger partial charge on any atom is 0.351 e. The fourth-order valence-electron chi connectivity index (χ4n) is 2.29. The molecule has 0 amide bonds. The van der Waals surface area contributed by atoms with Gasteiger partial charge in [-0.2, -0.15) is 0 Å². The van der Waals surface area contributed by atoms with E-state index in [1.807, 2.05) is 36.4 Å². The molecule has 0 unspecified atom stereocenters. The highest BCUT2D eigenvalue weighted by Crippen LogP contribution is 2.58. The van der Waals surface area contributed by atoms with Crippen molar-refractivity contribution in [1.29, 1.82) is 0 Å². The second kappa shape index (κ2) is 7.25. The van der Waals surface area contributed by atoms with Gasteiger partial charge in [0.1, 0.15) is 11.5 Å². The predicted molar refractivity (Wildman–Crippen MR) is 88.3 cm³/mol. The van der Waals surface area contributed by atoms with Crippen LogP contribution >= 0.6 is 7.60 Å². The van der Waals surface area contributed by atoms with Crippen LogP contribution < -0.4 is 10.5 Å². The van der Waals surface area contributed by atoms with Crippen molar-refractivity contribution in [2.45, 2.75) is 19.6 Å². The number of methoxy groups -OCH3 is 1. The van der Waals surface area contributed by atoms with Crippen LogP contribution in [-0.4, -0.2) is 20.3 Å². The lowest BCUT2D eigenvalue weighted by Crippen LogP contribution is -2.15. The van der Waals surface area contributed by atoms with Gasteiger partial charge >= 0.3 is 7.60 Å². The third-order valence-corrected chi connectivity index (χ3v) is 5.59. The van der Waals surface area contributed by atoms with Crippen molar-refractivity contribution in [3.8, 4) is 5.75 Å². The van der Waals surface area contributed by atoms with Crippen molar-refractivity contribution in [2.75, 3.05) is 20.3 Å². The molecule has 0 saturated carbocycles. The number of rotatable bonds is 7. The minimum Gasteiger partial charge on any atom is -0.497 e. The van der Waals surface area contributed by atoms with Crippen molar-refractivity contribution < 1.29 is 18.3 Å². The number of benzene rings is 2. The van der Waals surface area contributed by atoms with Gasteiger partial charge in [-0.15, -0.1) is 0 Å². The molecule has 0 aliphatic carbocycles. The average Bonchev–Trinajstić information content (AvgIpc) is 2.53. The zero-order valence-electron chi connectivity index (χ0n) is 13.1. The summed E-state index contributed by atoms with van der Waals surface area (Å²) in [6, 6.07) is 11.4. The topological polar surface area (TPSA) is 70.8 Å². The Morgan fingerprint density at radius 2 is 1.64 bits per heavy atom. The Hall–Kier alpha value is -1.39. The SMILES string of the molecule is CCOP(=O)(OCC)[C@H](N)c1ccc2cc(OC)ccc2c1. The highest BCUT2D eigenvalue weighted by molar-refractivity contribution is 7.54. The third kappa shape index (κ3) is 3.50. The van der Waals surface area contributed by atoms with Gasteiger partial charge < -0.3 is 19.5 Å². The molecule has 22 heavy (non-hydrogen) atoms. The van der Waals surface area contributed by atoms with E-state index in [4.69, 9.17) is 19.5 Å². The van der Waals surface area contributed by atoms with Gasteiger partial charge in [-0.1, -0.05) is 18.2 Å². The van der Waals surface area contributed by atoms with Crippen LogP contribution in [0.4, 0.5) is 0 Å². The summed E-state index contributed by atoms with van der Waals surface area (Å²) in [5.41, 5.74) is 6.88. The molecule has 0 aromatic heterocycles. The highest BCUT2D eigenvalue weighted by Gasteiger charge is 2.33. The van der Waals surface area contributed by atoms with Gasteiger partial charge in [0.2, 0.25) is 0 Å². The number of fused-ring (bicyclic) bond motifs is 1. The first-order valence-electron chi connectivity index (χ1n) is 7.26. The van der Waals surface area contributed by atoms with Crippen LogP contribution in [0, 0.1) is 0 Å². The molecule has 0 bridgehead atoms.